The molecule has 1 aliphatic heterocycles. The highest BCUT2D eigenvalue weighted by Crippen LogP contribution is 2.46. The van der Waals surface area contributed by atoms with Crippen molar-refractivity contribution >= 4 is 22.5 Å². The molecule has 2 atom stereocenters. The third-order valence-electron chi connectivity index (χ3n) is 5.04. The Kier molecular flexibility index (Phi) is 4.60. The molecule has 7 nitrogen and oxygen atoms in total. The first kappa shape index (κ1) is 18.2. The molecule has 144 valence electrons. The summed E-state index contributed by atoms with van der Waals surface area (Å²) in [5, 5.41) is 11.9. The van der Waals surface area contributed by atoms with Crippen molar-refractivity contribution in [2.24, 2.45) is 0 Å². The van der Waals surface area contributed by atoms with E-state index >= 15 is 0 Å². The molecule has 2 aromatic carbocycles. The van der Waals surface area contributed by atoms with Gasteiger partial charge in [0.2, 0.25) is 12.2 Å². The number of benzene rings is 2. The van der Waals surface area contributed by atoms with Crippen LogP contribution in [0, 0.1) is 10.1 Å². The van der Waals surface area contributed by atoms with Gasteiger partial charge in [0, 0.05) is 43.4 Å². The number of carbonyl (C=O) groups is 1. The van der Waals surface area contributed by atoms with Gasteiger partial charge in [-0.2, -0.15) is 0 Å². The largest absolute Gasteiger partial charge is 0.462 e. The highest BCUT2D eigenvalue weighted by atomic mass is 16.7. The average Bonchev–Trinajstić information content (AvgIpc) is 3.02. The Labute approximate surface area is 161 Å². The number of nitro benzene ring substituents is 1. The van der Waals surface area contributed by atoms with Crippen molar-refractivity contribution in [3.8, 4) is 5.75 Å². The lowest BCUT2D eigenvalue weighted by Gasteiger charge is -2.31. The van der Waals surface area contributed by atoms with Gasteiger partial charge in [-0.15, -0.1) is 0 Å². The van der Waals surface area contributed by atoms with Gasteiger partial charge >= 0.3 is 0 Å². The number of ether oxygens (including phenoxy) is 2. The molecule has 0 fully saturated rings. The Morgan fingerprint density at radius 2 is 1.96 bits per heavy atom. The number of carbonyl (C=O) groups excluding carboxylic acids is 1. The first-order valence-corrected chi connectivity index (χ1v) is 9.18. The van der Waals surface area contributed by atoms with Gasteiger partial charge in [0.1, 0.15) is 0 Å². The fourth-order valence-electron chi connectivity index (χ4n) is 3.90. The normalized spacial score (nSPS) is 18.5. The minimum atomic E-state index is -0.455. The highest BCUT2D eigenvalue weighted by Gasteiger charge is 2.36. The quantitative estimate of drug-likeness (QED) is 0.492. The van der Waals surface area contributed by atoms with E-state index in [9.17, 15) is 14.9 Å². The lowest BCUT2D eigenvalue weighted by Crippen LogP contribution is -2.30. The number of fused-ring (bicyclic) bond motifs is 3. The van der Waals surface area contributed by atoms with Crippen LogP contribution in [0.1, 0.15) is 42.2 Å². The van der Waals surface area contributed by atoms with Crippen LogP contribution in [0.25, 0.3) is 10.9 Å². The summed E-state index contributed by atoms with van der Waals surface area (Å²) in [5.41, 5.74) is 2.46. The zero-order chi connectivity index (χ0) is 19.8. The van der Waals surface area contributed by atoms with E-state index in [-0.39, 0.29) is 17.5 Å². The number of aromatic nitrogens is 1. The van der Waals surface area contributed by atoms with Gasteiger partial charge in [0.05, 0.1) is 16.1 Å². The summed E-state index contributed by atoms with van der Waals surface area (Å²) in [4.78, 5) is 23.1. The van der Waals surface area contributed by atoms with Crippen LogP contribution in [0.5, 0.6) is 5.75 Å². The molecule has 0 aliphatic carbocycles. The molecule has 0 spiro atoms. The fraction of sp³-hybridized carbons (Fsp3) is 0.286. The molecule has 0 N–H and O–H groups in total. The Morgan fingerprint density at radius 3 is 2.61 bits per heavy atom. The monoisotopic (exact) mass is 380 g/mol. The second-order valence-electron chi connectivity index (χ2n) is 6.73. The van der Waals surface area contributed by atoms with Crippen molar-refractivity contribution < 1.29 is 19.2 Å². The van der Waals surface area contributed by atoms with Gasteiger partial charge in [-0.05, 0) is 24.6 Å². The van der Waals surface area contributed by atoms with Crippen LogP contribution in [-0.4, -0.2) is 28.3 Å². The van der Waals surface area contributed by atoms with Crippen LogP contribution in [0.2, 0.25) is 0 Å². The minimum Gasteiger partial charge on any atom is -0.462 e. The van der Waals surface area contributed by atoms with Crippen molar-refractivity contribution in [3.63, 3.8) is 0 Å². The van der Waals surface area contributed by atoms with Crippen LogP contribution in [0.15, 0.2) is 48.5 Å². The molecule has 0 saturated heterocycles. The number of rotatable bonds is 4. The topological polar surface area (TPSA) is 83.6 Å². The molecule has 2 unspecified atom stereocenters. The Bertz CT molecular complexity index is 1050. The predicted octanol–water partition coefficient (Wildman–Crippen LogP) is 4.49. The van der Waals surface area contributed by atoms with Gasteiger partial charge in [-0.3, -0.25) is 19.5 Å². The highest BCUT2D eigenvalue weighted by molar-refractivity contribution is 5.97. The molecule has 1 aliphatic rings. The standard InChI is InChI=1S/C21H20N2O5/c1-3-27-19-12-17(14-8-10-15(11-9-14)23(25)26)20-21(28-19)16-6-4-5-7-18(16)22(20)13(2)24/h4-11,17,19H,3,12H2,1-2H3. The van der Waals surface area contributed by atoms with Crippen LogP contribution in [0.4, 0.5) is 5.69 Å². The predicted molar refractivity (Wildman–Crippen MR) is 104 cm³/mol. The molecule has 2 heterocycles. The zero-order valence-electron chi connectivity index (χ0n) is 15.6. The molecule has 0 bridgehead atoms. The van der Waals surface area contributed by atoms with Crippen molar-refractivity contribution in [2.75, 3.05) is 6.61 Å². The summed E-state index contributed by atoms with van der Waals surface area (Å²) in [7, 11) is 0. The lowest BCUT2D eigenvalue weighted by atomic mass is 9.89. The first-order valence-electron chi connectivity index (χ1n) is 9.18. The molecular weight excluding hydrogens is 360 g/mol. The smallest absolute Gasteiger partial charge is 0.269 e. The molecule has 0 amide bonds. The average molecular weight is 380 g/mol. The summed E-state index contributed by atoms with van der Waals surface area (Å²) >= 11 is 0. The Balaban J connectivity index is 1.92. The summed E-state index contributed by atoms with van der Waals surface area (Å²) < 4.78 is 13.6. The Morgan fingerprint density at radius 1 is 1.25 bits per heavy atom. The second-order valence-corrected chi connectivity index (χ2v) is 6.73. The second kappa shape index (κ2) is 7.09. The molecule has 28 heavy (non-hydrogen) atoms. The van der Waals surface area contributed by atoms with Gasteiger partial charge in [-0.25, -0.2) is 0 Å². The van der Waals surface area contributed by atoms with E-state index in [0.717, 1.165) is 22.2 Å². The van der Waals surface area contributed by atoms with Crippen LogP contribution < -0.4 is 4.74 Å². The molecule has 0 radical (unpaired) electrons. The van der Waals surface area contributed by atoms with Gasteiger partial charge in [0.25, 0.3) is 5.69 Å². The van der Waals surface area contributed by atoms with Crippen molar-refractivity contribution in [1.82, 2.24) is 4.57 Å². The summed E-state index contributed by atoms with van der Waals surface area (Å²) in [6.07, 6.45) is 0.0614. The van der Waals surface area contributed by atoms with E-state index in [2.05, 4.69) is 0 Å². The Hall–Kier alpha value is -3.19. The number of para-hydroxylation sites is 1. The maximum absolute atomic E-state index is 12.5. The van der Waals surface area contributed by atoms with Gasteiger partial charge < -0.3 is 9.47 Å². The number of nitro groups is 1. The van der Waals surface area contributed by atoms with E-state index < -0.39 is 11.2 Å². The van der Waals surface area contributed by atoms with Crippen LogP contribution >= 0.6 is 0 Å². The number of hydrogen-bond donors (Lipinski definition) is 0. The number of hydrogen-bond acceptors (Lipinski definition) is 5. The summed E-state index contributed by atoms with van der Waals surface area (Å²) in [5.74, 6) is 0.346. The van der Waals surface area contributed by atoms with Crippen LogP contribution in [-0.2, 0) is 4.74 Å². The summed E-state index contributed by atoms with van der Waals surface area (Å²) in [6.45, 7) is 3.92. The maximum Gasteiger partial charge on any atom is 0.269 e. The minimum absolute atomic E-state index is 0.0319. The van der Waals surface area contributed by atoms with E-state index in [1.54, 1.807) is 16.7 Å². The van der Waals surface area contributed by atoms with Crippen molar-refractivity contribution in [3.05, 3.63) is 69.9 Å². The molecule has 3 aromatic rings. The lowest BCUT2D eigenvalue weighted by molar-refractivity contribution is -0.384. The summed E-state index contributed by atoms with van der Waals surface area (Å²) in [6, 6.07) is 14.1. The third-order valence-corrected chi connectivity index (χ3v) is 5.04. The van der Waals surface area contributed by atoms with Gasteiger partial charge in [0.15, 0.2) is 5.75 Å². The zero-order valence-corrected chi connectivity index (χ0v) is 15.6. The van der Waals surface area contributed by atoms with E-state index in [1.807, 2.05) is 31.2 Å². The fourth-order valence-corrected chi connectivity index (χ4v) is 3.90. The third kappa shape index (κ3) is 2.93. The van der Waals surface area contributed by atoms with E-state index in [4.69, 9.17) is 9.47 Å². The SMILES string of the molecule is CCOC1CC(c2ccc([N+](=O)[O-])cc2)c2c(c3ccccc3n2C(C)=O)O1. The van der Waals surface area contributed by atoms with Crippen molar-refractivity contribution in [2.45, 2.75) is 32.5 Å². The molecule has 7 heteroatoms. The van der Waals surface area contributed by atoms with Crippen molar-refractivity contribution in [1.29, 1.82) is 0 Å². The number of non-ortho nitro benzene ring substituents is 1. The van der Waals surface area contributed by atoms with Crippen LogP contribution in [0.3, 0.4) is 0 Å². The molecular formula is C21H20N2O5. The molecule has 4 rings (SSSR count). The van der Waals surface area contributed by atoms with E-state index in [0.29, 0.717) is 18.8 Å². The van der Waals surface area contributed by atoms with E-state index in [1.165, 1.54) is 19.1 Å². The number of nitrogens with zero attached hydrogens (tertiary/aromatic N) is 2. The maximum atomic E-state index is 12.5. The first-order chi connectivity index (χ1) is 13.5. The van der Waals surface area contributed by atoms with Gasteiger partial charge in [-0.1, -0.05) is 24.3 Å². The molecule has 1 aromatic heterocycles. The molecule has 0 saturated carbocycles.